The first-order valence-corrected chi connectivity index (χ1v) is 11.7. The highest BCUT2D eigenvalue weighted by atomic mass is 32.2. The van der Waals surface area contributed by atoms with Crippen molar-refractivity contribution in [2.24, 2.45) is 0 Å². The highest BCUT2D eigenvalue weighted by molar-refractivity contribution is 7.89. The van der Waals surface area contributed by atoms with Crippen molar-refractivity contribution in [2.45, 2.75) is 32.2 Å². The van der Waals surface area contributed by atoms with E-state index in [1.54, 1.807) is 25.2 Å². The fourth-order valence-electron chi connectivity index (χ4n) is 3.24. The van der Waals surface area contributed by atoms with E-state index in [2.05, 4.69) is 0 Å². The smallest absolute Gasteiger partial charge is 0.243 e. The Kier molecular flexibility index (Phi) is 7.11. The van der Waals surface area contributed by atoms with Crippen molar-refractivity contribution in [2.75, 3.05) is 18.5 Å². The Bertz CT molecular complexity index is 1220. The minimum Gasteiger partial charge on any atom is -0.314 e. The minimum atomic E-state index is -4.04. The molecule has 0 heterocycles. The molecule has 7 heteroatoms. The van der Waals surface area contributed by atoms with Gasteiger partial charge in [-0.25, -0.2) is 12.8 Å². The summed E-state index contributed by atoms with van der Waals surface area (Å²) in [5.41, 5.74) is 3.90. The molecule has 0 spiro atoms. The van der Waals surface area contributed by atoms with Crippen molar-refractivity contribution >= 4 is 21.6 Å². The SMILES string of the molecule is Cc1ccc(S(=O)(=O)N(CC(=O)N(C)c2ccc(C)c(C)c2)Cc2ccccc2F)cc1. The monoisotopic (exact) mass is 454 g/mol. The molecule has 168 valence electrons. The topological polar surface area (TPSA) is 57.7 Å². The summed E-state index contributed by atoms with van der Waals surface area (Å²) < 4.78 is 42.1. The van der Waals surface area contributed by atoms with Crippen LogP contribution < -0.4 is 4.90 Å². The third-order valence-corrected chi connectivity index (χ3v) is 7.33. The second-order valence-electron chi connectivity index (χ2n) is 7.90. The van der Waals surface area contributed by atoms with Gasteiger partial charge < -0.3 is 4.90 Å². The van der Waals surface area contributed by atoms with Crippen LogP contribution in [0.2, 0.25) is 0 Å². The fourth-order valence-corrected chi connectivity index (χ4v) is 4.60. The lowest BCUT2D eigenvalue weighted by atomic mass is 10.1. The van der Waals surface area contributed by atoms with Crippen LogP contribution in [-0.2, 0) is 21.4 Å². The van der Waals surface area contributed by atoms with E-state index in [9.17, 15) is 17.6 Å². The molecule has 1 amide bonds. The number of hydrogen-bond acceptors (Lipinski definition) is 3. The standard InChI is InChI=1S/C25H27FN2O3S/c1-18-9-13-23(14-10-18)32(30,31)28(16-21-7-5-6-8-24(21)26)17-25(29)27(4)22-12-11-19(2)20(3)15-22/h5-15H,16-17H2,1-4H3. The summed E-state index contributed by atoms with van der Waals surface area (Å²) in [5, 5.41) is 0. The molecule has 0 aliphatic heterocycles. The summed E-state index contributed by atoms with van der Waals surface area (Å²) in [6.07, 6.45) is 0. The Balaban J connectivity index is 1.94. The number of halogens is 1. The summed E-state index contributed by atoms with van der Waals surface area (Å²) >= 11 is 0. The van der Waals surface area contributed by atoms with Gasteiger partial charge in [0.2, 0.25) is 15.9 Å². The summed E-state index contributed by atoms with van der Waals surface area (Å²) in [6, 6.07) is 17.9. The number of anilines is 1. The number of amides is 1. The molecule has 0 aromatic heterocycles. The maximum atomic E-state index is 14.3. The highest BCUT2D eigenvalue weighted by Crippen LogP contribution is 2.22. The van der Waals surface area contributed by atoms with Crippen molar-refractivity contribution in [3.05, 3.63) is 94.8 Å². The van der Waals surface area contributed by atoms with Crippen LogP contribution >= 0.6 is 0 Å². The van der Waals surface area contributed by atoms with Gasteiger partial charge in [0.25, 0.3) is 0 Å². The van der Waals surface area contributed by atoms with E-state index in [0.29, 0.717) is 5.69 Å². The van der Waals surface area contributed by atoms with Gasteiger partial charge in [-0.3, -0.25) is 4.79 Å². The van der Waals surface area contributed by atoms with Gasteiger partial charge in [-0.1, -0.05) is 42.0 Å². The summed E-state index contributed by atoms with van der Waals surface area (Å²) in [5.74, 6) is -0.938. The van der Waals surface area contributed by atoms with E-state index in [1.807, 2.05) is 39.0 Å². The molecule has 5 nitrogen and oxygen atoms in total. The number of nitrogens with zero attached hydrogens (tertiary/aromatic N) is 2. The maximum Gasteiger partial charge on any atom is 0.243 e. The molecule has 0 bridgehead atoms. The lowest BCUT2D eigenvalue weighted by molar-refractivity contribution is -0.118. The normalized spacial score (nSPS) is 11.6. The molecule has 0 aliphatic carbocycles. The van der Waals surface area contributed by atoms with Gasteiger partial charge in [-0.15, -0.1) is 0 Å². The Hall–Kier alpha value is -3.03. The third-order valence-electron chi connectivity index (χ3n) is 5.53. The highest BCUT2D eigenvalue weighted by Gasteiger charge is 2.29. The van der Waals surface area contributed by atoms with Gasteiger partial charge in [-0.2, -0.15) is 4.31 Å². The Morgan fingerprint density at radius 3 is 2.19 bits per heavy atom. The quantitative estimate of drug-likeness (QED) is 0.524. The first-order valence-electron chi connectivity index (χ1n) is 10.2. The Labute approximate surface area is 189 Å². The van der Waals surface area contributed by atoms with Crippen LogP contribution in [0.25, 0.3) is 0 Å². The zero-order valence-corrected chi connectivity index (χ0v) is 19.5. The molecule has 32 heavy (non-hydrogen) atoms. The number of aryl methyl sites for hydroxylation is 3. The number of benzene rings is 3. The predicted molar refractivity (Wildman–Crippen MR) is 125 cm³/mol. The average Bonchev–Trinajstić information content (AvgIpc) is 2.76. The average molecular weight is 455 g/mol. The lowest BCUT2D eigenvalue weighted by Crippen LogP contribution is -2.41. The van der Waals surface area contributed by atoms with Crippen LogP contribution in [0.15, 0.2) is 71.6 Å². The summed E-state index contributed by atoms with van der Waals surface area (Å²) in [7, 11) is -2.44. The fraction of sp³-hybridized carbons (Fsp3) is 0.240. The molecule has 0 saturated heterocycles. The van der Waals surface area contributed by atoms with E-state index in [0.717, 1.165) is 21.0 Å². The van der Waals surface area contributed by atoms with Crippen molar-refractivity contribution in [1.29, 1.82) is 0 Å². The van der Waals surface area contributed by atoms with Gasteiger partial charge in [0.15, 0.2) is 0 Å². The van der Waals surface area contributed by atoms with E-state index in [1.165, 1.54) is 35.2 Å². The first kappa shape index (κ1) is 23.6. The maximum absolute atomic E-state index is 14.3. The lowest BCUT2D eigenvalue weighted by Gasteiger charge is -2.25. The molecule has 3 aromatic carbocycles. The zero-order valence-electron chi connectivity index (χ0n) is 18.7. The number of carbonyl (C=O) groups is 1. The predicted octanol–water partition coefficient (Wildman–Crippen LogP) is 4.60. The number of rotatable bonds is 7. The molecule has 3 rings (SSSR count). The summed E-state index contributed by atoms with van der Waals surface area (Å²) in [4.78, 5) is 14.6. The van der Waals surface area contributed by atoms with Gasteiger partial charge in [0.05, 0.1) is 11.4 Å². The van der Waals surface area contributed by atoms with Gasteiger partial charge in [0.1, 0.15) is 5.82 Å². The summed E-state index contributed by atoms with van der Waals surface area (Å²) in [6.45, 7) is 5.10. The number of sulfonamides is 1. The van der Waals surface area contributed by atoms with Crippen molar-refractivity contribution in [3.8, 4) is 0 Å². The van der Waals surface area contributed by atoms with Crippen LogP contribution in [0.4, 0.5) is 10.1 Å². The molecule has 0 atom stereocenters. The van der Waals surface area contributed by atoms with Crippen molar-refractivity contribution in [3.63, 3.8) is 0 Å². The number of carbonyl (C=O) groups excluding carboxylic acids is 1. The van der Waals surface area contributed by atoms with Crippen LogP contribution in [0.3, 0.4) is 0 Å². The van der Waals surface area contributed by atoms with Gasteiger partial charge in [-0.05, 0) is 62.2 Å². The molecule has 3 aromatic rings. The van der Waals surface area contributed by atoms with Crippen LogP contribution in [-0.4, -0.2) is 32.2 Å². The first-order chi connectivity index (χ1) is 15.1. The van der Waals surface area contributed by atoms with Crippen molar-refractivity contribution < 1.29 is 17.6 Å². The van der Waals surface area contributed by atoms with Crippen LogP contribution in [0.5, 0.6) is 0 Å². The van der Waals surface area contributed by atoms with Crippen molar-refractivity contribution in [1.82, 2.24) is 4.31 Å². The number of hydrogen-bond donors (Lipinski definition) is 0. The second kappa shape index (κ2) is 9.63. The molecular weight excluding hydrogens is 427 g/mol. The zero-order chi connectivity index (χ0) is 23.5. The number of likely N-dealkylation sites (N-methyl/N-ethyl adjacent to an activating group) is 1. The van der Waals surface area contributed by atoms with E-state index in [4.69, 9.17) is 0 Å². The molecule has 0 fully saturated rings. The van der Waals surface area contributed by atoms with Gasteiger partial charge in [0, 0.05) is 24.8 Å². The molecule has 0 saturated carbocycles. The van der Waals surface area contributed by atoms with Crippen LogP contribution in [0, 0.1) is 26.6 Å². The minimum absolute atomic E-state index is 0.0565. The molecule has 0 radical (unpaired) electrons. The Morgan fingerprint density at radius 2 is 1.56 bits per heavy atom. The molecule has 0 aliphatic rings. The van der Waals surface area contributed by atoms with E-state index < -0.39 is 28.3 Å². The second-order valence-corrected chi connectivity index (χ2v) is 9.84. The van der Waals surface area contributed by atoms with E-state index in [-0.39, 0.29) is 17.0 Å². The largest absolute Gasteiger partial charge is 0.314 e. The molecule has 0 unspecified atom stereocenters. The Morgan fingerprint density at radius 1 is 0.906 bits per heavy atom. The molecular formula is C25H27FN2O3S. The third kappa shape index (κ3) is 5.23. The van der Waals surface area contributed by atoms with Crippen LogP contribution in [0.1, 0.15) is 22.3 Å². The van der Waals surface area contributed by atoms with E-state index >= 15 is 0 Å². The molecule has 0 N–H and O–H groups in total. The van der Waals surface area contributed by atoms with Gasteiger partial charge >= 0.3 is 0 Å².